The molecule has 116 valence electrons. The summed E-state index contributed by atoms with van der Waals surface area (Å²) in [6.07, 6.45) is 3.36. The molecule has 1 unspecified atom stereocenters. The van der Waals surface area contributed by atoms with E-state index in [0.717, 1.165) is 43.7 Å². The van der Waals surface area contributed by atoms with Gasteiger partial charge >= 0.3 is 0 Å². The Morgan fingerprint density at radius 3 is 2.67 bits per heavy atom. The molecule has 0 saturated carbocycles. The zero-order valence-corrected chi connectivity index (χ0v) is 13.4. The van der Waals surface area contributed by atoms with Crippen LogP contribution in [0.5, 0.6) is 0 Å². The molecule has 4 nitrogen and oxygen atoms in total. The van der Waals surface area contributed by atoms with E-state index in [1.54, 1.807) is 0 Å². The molecule has 1 aliphatic rings. The maximum absolute atomic E-state index is 12.6. The quantitative estimate of drug-likeness (QED) is 0.905. The fourth-order valence-corrected chi connectivity index (χ4v) is 2.74. The number of nitrogens with zero attached hydrogens (tertiary/aromatic N) is 2. The van der Waals surface area contributed by atoms with Gasteiger partial charge in [-0.05, 0) is 57.6 Å². The third kappa shape index (κ3) is 4.21. The van der Waals surface area contributed by atoms with E-state index in [0.29, 0.717) is 6.04 Å². The lowest BCUT2D eigenvalue weighted by Crippen LogP contribution is -2.47. The van der Waals surface area contributed by atoms with Crippen molar-refractivity contribution in [3.05, 3.63) is 29.8 Å². The Bertz CT molecular complexity index is 456. The Balaban J connectivity index is 1.99. The summed E-state index contributed by atoms with van der Waals surface area (Å²) < 4.78 is 0. The number of hydrogen-bond acceptors (Lipinski definition) is 3. The highest BCUT2D eigenvalue weighted by molar-refractivity contribution is 5.94. The first-order valence-electron chi connectivity index (χ1n) is 7.91. The molecule has 1 N–H and O–H groups in total. The van der Waals surface area contributed by atoms with Crippen LogP contribution < -0.4 is 5.32 Å². The third-order valence-corrected chi connectivity index (χ3v) is 4.12. The second kappa shape index (κ2) is 7.46. The van der Waals surface area contributed by atoms with Crippen LogP contribution in [-0.4, -0.2) is 55.5 Å². The Morgan fingerprint density at radius 2 is 2.05 bits per heavy atom. The van der Waals surface area contributed by atoms with Gasteiger partial charge in [0.15, 0.2) is 0 Å². The van der Waals surface area contributed by atoms with Crippen molar-refractivity contribution in [1.29, 1.82) is 0 Å². The van der Waals surface area contributed by atoms with E-state index in [1.807, 2.05) is 29.2 Å². The zero-order valence-electron chi connectivity index (χ0n) is 13.4. The number of benzene rings is 1. The molecule has 0 aliphatic carbocycles. The van der Waals surface area contributed by atoms with Crippen LogP contribution in [0.3, 0.4) is 0 Å². The number of piperidine rings is 1. The Kier molecular flexibility index (Phi) is 5.62. The largest absolute Gasteiger partial charge is 0.385 e. The maximum atomic E-state index is 12.6. The molecule has 21 heavy (non-hydrogen) atoms. The zero-order chi connectivity index (χ0) is 15.2. The molecular weight excluding hydrogens is 262 g/mol. The molecule has 1 fully saturated rings. The van der Waals surface area contributed by atoms with Crippen molar-refractivity contribution < 1.29 is 4.79 Å². The van der Waals surface area contributed by atoms with Crippen LogP contribution in [0, 0.1) is 0 Å². The summed E-state index contributed by atoms with van der Waals surface area (Å²) in [6.45, 7) is 4.81. The highest BCUT2D eigenvalue weighted by atomic mass is 16.2. The number of rotatable bonds is 5. The van der Waals surface area contributed by atoms with E-state index in [9.17, 15) is 4.79 Å². The summed E-state index contributed by atoms with van der Waals surface area (Å²) in [5.74, 6) is 0.156. The number of likely N-dealkylation sites (tertiary alicyclic amines) is 1. The molecule has 0 radical (unpaired) electrons. The van der Waals surface area contributed by atoms with Crippen molar-refractivity contribution >= 4 is 11.6 Å². The van der Waals surface area contributed by atoms with Crippen LogP contribution in [0.25, 0.3) is 0 Å². The topological polar surface area (TPSA) is 35.6 Å². The molecular formula is C17H27N3O. The average Bonchev–Trinajstić information content (AvgIpc) is 2.53. The smallest absolute Gasteiger partial charge is 0.253 e. The number of anilines is 1. The van der Waals surface area contributed by atoms with Crippen LogP contribution in [0.4, 0.5) is 5.69 Å². The number of nitrogens with one attached hydrogen (secondary N) is 1. The van der Waals surface area contributed by atoms with E-state index in [4.69, 9.17) is 0 Å². The lowest BCUT2D eigenvalue weighted by molar-refractivity contribution is 0.0635. The summed E-state index contributed by atoms with van der Waals surface area (Å²) in [7, 11) is 4.18. The van der Waals surface area contributed by atoms with Gasteiger partial charge in [0, 0.05) is 36.9 Å². The van der Waals surface area contributed by atoms with Gasteiger partial charge in [-0.25, -0.2) is 0 Å². The number of carbonyl (C=O) groups is 1. The standard InChI is InChI=1S/C17H27N3O/c1-4-11-18-15-9-7-14(8-10-15)17(21)20-12-5-6-16(13-20)19(2)3/h7-10,16,18H,4-6,11-13H2,1-3H3. The fraction of sp³-hybridized carbons (Fsp3) is 0.588. The molecule has 0 aromatic heterocycles. The number of amides is 1. The van der Waals surface area contributed by atoms with Gasteiger partial charge in [0.25, 0.3) is 5.91 Å². The second-order valence-corrected chi connectivity index (χ2v) is 6.01. The number of likely N-dealkylation sites (N-methyl/N-ethyl adjacent to an activating group) is 1. The van der Waals surface area contributed by atoms with Gasteiger partial charge in [-0.1, -0.05) is 6.92 Å². The van der Waals surface area contributed by atoms with Gasteiger partial charge in [-0.15, -0.1) is 0 Å². The van der Waals surface area contributed by atoms with Gasteiger partial charge in [-0.3, -0.25) is 4.79 Å². The number of carbonyl (C=O) groups excluding carboxylic acids is 1. The van der Waals surface area contributed by atoms with Crippen LogP contribution in [0.1, 0.15) is 36.5 Å². The predicted molar refractivity (Wildman–Crippen MR) is 87.8 cm³/mol. The number of hydrogen-bond donors (Lipinski definition) is 1. The van der Waals surface area contributed by atoms with Gasteiger partial charge < -0.3 is 15.1 Å². The van der Waals surface area contributed by atoms with Crippen molar-refractivity contribution in [3.63, 3.8) is 0 Å². The minimum atomic E-state index is 0.156. The fourth-order valence-electron chi connectivity index (χ4n) is 2.74. The molecule has 1 atom stereocenters. The Morgan fingerprint density at radius 1 is 1.33 bits per heavy atom. The summed E-state index contributed by atoms with van der Waals surface area (Å²) in [5.41, 5.74) is 1.87. The normalized spacial score (nSPS) is 18.9. The second-order valence-electron chi connectivity index (χ2n) is 6.01. The molecule has 0 spiro atoms. The minimum absolute atomic E-state index is 0.156. The first-order chi connectivity index (χ1) is 10.1. The van der Waals surface area contributed by atoms with Crippen LogP contribution >= 0.6 is 0 Å². The van der Waals surface area contributed by atoms with Crippen LogP contribution in [0.15, 0.2) is 24.3 Å². The van der Waals surface area contributed by atoms with E-state index in [2.05, 4.69) is 31.2 Å². The van der Waals surface area contributed by atoms with E-state index >= 15 is 0 Å². The molecule has 1 amide bonds. The predicted octanol–water partition coefficient (Wildman–Crippen LogP) is 2.67. The van der Waals surface area contributed by atoms with E-state index < -0.39 is 0 Å². The molecule has 0 bridgehead atoms. The summed E-state index contributed by atoms with van der Waals surface area (Å²) in [5, 5.41) is 3.33. The lowest BCUT2D eigenvalue weighted by Gasteiger charge is -2.36. The third-order valence-electron chi connectivity index (χ3n) is 4.12. The SMILES string of the molecule is CCCNc1ccc(C(=O)N2CCCC(N(C)C)C2)cc1. The van der Waals surface area contributed by atoms with Gasteiger partial charge in [0.2, 0.25) is 0 Å². The van der Waals surface area contributed by atoms with Crippen LogP contribution in [0.2, 0.25) is 0 Å². The maximum Gasteiger partial charge on any atom is 0.253 e. The first-order valence-corrected chi connectivity index (χ1v) is 7.91. The first kappa shape index (κ1) is 15.8. The molecule has 1 heterocycles. The minimum Gasteiger partial charge on any atom is -0.385 e. The summed E-state index contributed by atoms with van der Waals surface area (Å²) in [6, 6.07) is 8.33. The highest BCUT2D eigenvalue weighted by Gasteiger charge is 2.25. The van der Waals surface area contributed by atoms with E-state index in [-0.39, 0.29) is 5.91 Å². The van der Waals surface area contributed by atoms with Crippen molar-refractivity contribution in [3.8, 4) is 0 Å². The van der Waals surface area contributed by atoms with Gasteiger partial charge in [-0.2, -0.15) is 0 Å². The van der Waals surface area contributed by atoms with E-state index in [1.165, 1.54) is 6.42 Å². The van der Waals surface area contributed by atoms with Crippen molar-refractivity contribution in [2.24, 2.45) is 0 Å². The Labute approximate surface area is 128 Å². The van der Waals surface area contributed by atoms with Crippen molar-refractivity contribution in [2.45, 2.75) is 32.2 Å². The van der Waals surface area contributed by atoms with Crippen LogP contribution in [-0.2, 0) is 0 Å². The monoisotopic (exact) mass is 289 g/mol. The molecule has 1 saturated heterocycles. The molecule has 1 aromatic rings. The molecule has 4 heteroatoms. The van der Waals surface area contributed by atoms with Crippen molar-refractivity contribution in [1.82, 2.24) is 9.80 Å². The lowest BCUT2D eigenvalue weighted by atomic mass is 10.0. The molecule has 2 rings (SSSR count). The molecule has 1 aliphatic heterocycles. The summed E-state index contributed by atoms with van der Waals surface area (Å²) >= 11 is 0. The van der Waals surface area contributed by atoms with Gasteiger partial charge in [0.1, 0.15) is 0 Å². The van der Waals surface area contributed by atoms with Gasteiger partial charge in [0.05, 0.1) is 0 Å². The Hall–Kier alpha value is -1.55. The van der Waals surface area contributed by atoms with Crippen molar-refractivity contribution in [2.75, 3.05) is 39.0 Å². The molecule has 1 aromatic carbocycles. The highest BCUT2D eigenvalue weighted by Crippen LogP contribution is 2.17. The average molecular weight is 289 g/mol. The summed E-state index contributed by atoms with van der Waals surface area (Å²) in [4.78, 5) is 16.8.